The van der Waals surface area contributed by atoms with E-state index < -0.39 is 26.4 Å². The molecule has 0 spiro atoms. The number of hydrogen-bond acceptors (Lipinski definition) is 5. The van der Waals surface area contributed by atoms with Gasteiger partial charge in [0, 0.05) is 29.1 Å². The molecule has 4 fully saturated rings. The van der Waals surface area contributed by atoms with Crippen LogP contribution in [-0.4, -0.2) is 38.0 Å². The number of carbonyl (C=O) groups excluding carboxylic acids is 2. The molecule has 1 aromatic heterocycles. The zero-order valence-electron chi connectivity index (χ0n) is 25.2. The zero-order valence-corrected chi connectivity index (χ0v) is 26.2. The Kier molecular flexibility index (Phi) is 7.57. The van der Waals surface area contributed by atoms with Crippen LogP contribution in [0.4, 0.5) is 5.69 Å². The lowest BCUT2D eigenvalue weighted by Gasteiger charge is -2.56. The van der Waals surface area contributed by atoms with Crippen molar-refractivity contribution in [3.63, 3.8) is 0 Å². The number of benzene rings is 1. The van der Waals surface area contributed by atoms with Crippen molar-refractivity contribution >= 4 is 36.7 Å². The predicted molar refractivity (Wildman–Crippen MR) is 161 cm³/mol. The molecule has 0 aliphatic heterocycles. The first-order valence-electron chi connectivity index (χ1n) is 14.9. The summed E-state index contributed by atoms with van der Waals surface area (Å²) in [6.07, 6.45) is 9.20. The molecule has 218 valence electrons. The SMILES string of the molecule is COC(=O)C([C@@H](C)O[Si](C)(C)C(C)(C)C)n1ccc2c(NC(=O)CC34CC5CC(CC(C5)C3)C4)cccc2c1=O. The Morgan fingerprint density at radius 2 is 1.65 bits per heavy atom. The summed E-state index contributed by atoms with van der Waals surface area (Å²) in [6.45, 7) is 12.5. The van der Waals surface area contributed by atoms with Crippen molar-refractivity contribution in [1.82, 2.24) is 4.57 Å². The molecule has 2 aromatic rings. The third-order valence-electron chi connectivity index (χ3n) is 10.4. The Morgan fingerprint density at radius 3 is 2.20 bits per heavy atom. The third-order valence-corrected chi connectivity index (χ3v) is 15.0. The van der Waals surface area contributed by atoms with Gasteiger partial charge in [0.05, 0.1) is 13.2 Å². The van der Waals surface area contributed by atoms with Crippen LogP contribution in [0.15, 0.2) is 35.3 Å². The first kappa shape index (κ1) is 29.1. The van der Waals surface area contributed by atoms with E-state index in [1.54, 1.807) is 18.3 Å². The minimum Gasteiger partial charge on any atom is -0.467 e. The molecule has 1 N–H and O–H groups in total. The van der Waals surface area contributed by atoms with E-state index in [0.717, 1.165) is 17.8 Å². The number of aromatic nitrogens is 1. The van der Waals surface area contributed by atoms with Crippen molar-refractivity contribution in [2.24, 2.45) is 23.2 Å². The first-order chi connectivity index (χ1) is 18.7. The fourth-order valence-corrected chi connectivity index (χ4v) is 9.43. The van der Waals surface area contributed by atoms with Crippen LogP contribution >= 0.6 is 0 Å². The van der Waals surface area contributed by atoms with Gasteiger partial charge in [-0.2, -0.15) is 0 Å². The van der Waals surface area contributed by atoms with Gasteiger partial charge in [0.1, 0.15) is 0 Å². The number of rotatable bonds is 8. The third kappa shape index (κ3) is 5.41. The highest BCUT2D eigenvalue weighted by atomic mass is 28.4. The summed E-state index contributed by atoms with van der Waals surface area (Å²) in [5.74, 6) is 1.89. The van der Waals surface area contributed by atoms with Gasteiger partial charge in [0.15, 0.2) is 14.4 Å². The van der Waals surface area contributed by atoms with E-state index in [1.807, 2.05) is 19.1 Å². The number of amides is 1. The minimum absolute atomic E-state index is 0.0301. The summed E-state index contributed by atoms with van der Waals surface area (Å²) >= 11 is 0. The minimum atomic E-state index is -2.22. The molecule has 8 heteroatoms. The summed E-state index contributed by atoms with van der Waals surface area (Å²) < 4.78 is 13.1. The molecule has 2 atom stereocenters. The van der Waals surface area contributed by atoms with E-state index in [9.17, 15) is 14.4 Å². The van der Waals surface area contributed by atoms with Gasteiger partial charge in [-0.05, 0) is 105 Å². The molecule has 1 heterocycles. The van der Waals surface area contributed by atoms with Gasteiger partial charge >= 0.3 is 5.97 Å². The van der Waals surface area contributed by atoms with E-state index in [0.29, 0.717) is 22.9 Å². The highest BCUT2D eigenvalue weighted by molar-refractivity contribution is 6.74. The predicted octanol–water partition coefficient (Wildman–Crippen LogP) is 6.67. The number of hydrogen-bond donors (Lipinski definition) is 1. The molecule has 1 amide bonds. The van der Waals surface area contributed by atoms with Crippen LogP contribution < -0.4 is 10.9 Å². The number of fused-ring (bicyclic) bond motifs is 1. The first-order valence-corrected chi connectivity index (χ1v) is 17.8. The Balaban J connectivity index is 1.40. The maximum Gasteiger partial charge on any atom is 0.331 e. The summed E-state index contributed by atoms with van der Waals surface area (Å²) in [4.78, 5) is 40.1. The molecule has 40 heavy (non-hydrogen) atoms. The van der Waals surface area contributed by atoms with E-state index in [2.05, 4.69) is 39.2 Å². The second-order valence-electron chi connectivity index (χ2n) is 14.5. The largest absolute Gasteiger partial charge is 0.467 e. The van der Waals surface area contributed by atoms with Gasteiger partial charge in [-0.3, -0.25) is 14.2 Å². The molecule has 4 bridgehead atoms. The lowest BCUT2D eigenvalue weighted by Crippen LogP contribution is -2.48. The molecule has 0 radical (unpaired) electrons. The molecule has 7 nitrogen and oxygen atoms in total. The highest BCUT2D eigenvalue weighted by Gasteiger charge is 2.51. The number of esters is 1. The molecule has 1 aromatic carbocycles. The number of methoxy groups -OCH3 is 1. The maximum atomic E-state index is 13.8. The van der Waals surface area contributed by atoms with E-state index in [-0.39, 0.29) is 21.9 Å². The number of carbonyl (C=O) groups is 2. The highest BCUT2D eigenvalue weighted by Crippen LogP contribution is 2.61. The van der Waals surface area contributed by atoms with Crippen molar-refractivity contribution in [2.75, 3.05) is 12.4 Å². The summed E-state index contributed by atoms with van der Waals surface area (Å²) in [7, 11) is -0.890. The maximum absolute atomic E-state index is 13.8. The summed E-state index contributed by atoms with van der Waals surface area (Å²) in [5, 5.41) is 4.20. The second kappa shape index (κ2) is 10.4. The average Bonchev–Trinajstić information content (AvgIpc) is 2.83. The van der Waals surface area contributed by atoms with E-state index in [1.165, 1.54) is 50.2 Å². The molecule has 0 saturated heterocycles. The van der Waals surface area contributed by atoms with Crippen LogP contribution in [0.25, 0.3) is 10.8 Å². The van der Waals surface area contributed by atoms with Gasteiger partial charge in [-0.1, -0.05) is 26.8 Å². The molecule has 1 unspecified atom stereocenters. The lowest BCUT2D eigenvalue weighted by atomic mass is 9.49. The second-order valence-corrected chi connectivity index (χ2v) is 19.2. The topological polar surface area (TPSA) is 86.6 Å². The molecule has 4 aliphatic carbocycles. The van der Waals surface area contributed by atoms with Crippen molar-refractivity contribution in [1.29, 1.82) is 0 Å². The lowest BCUT2D eigenvalue weighted by molar-refractivity contribution is -0.147. The monoisotopic (exact) mass is 566 g/mol. The number of pyridine rings is 1. The van der Waals surface area contributed by atoms with Crippen LogP contribution in [0.2, 0.25) is 18.1 Å². The van der Waals surface area contributed by atoms with Crippen molar-refractivity contribution in [3.05, 3.63) is 40.8 Å². The number of anilines is 1. The van der Waals surface area contributed by atoms with E-state index in [4.69, 9.17) is 9.16 Å². The van der Waals surface area contributed by atoms with Gasteiger partial charge in [0.25, 0.3) is 5.56 Å². The number of nitrogens with zero attached hydrogens (tertiary/aromatic N) is 1. The number of nitrogens with one attached hydrogen (secondary N) is 1. The van der Waals surface area contributed by atoms with Crippen LogP contribution in [0.1, 0.15) is 78.7 Å². The Morgan fingerprint density at radius 1 is 1.05 bits per heavy atom. The fraction of sp³-hybridized carbons (Fsp3) is 0.656. The molecular weight excluding hydrogens is 520 g/mol. The summed E-state index contributed by atoms with van der Waals surface area (Å²) in [6, 6.07) is 6.27. The molecule has 6 rings (SSSR count). The van der Waals surface area contributed by atoms with Crippen LogP contribution in [0, 0.1) is 23.2 Å². The zero-order chi connectivity index (χ0) is 29.0. The number of ether oxygens (including phenoxy) is 1. The van der Waals surface area contributed by atoms with Crippen LogP contribution in [0.3, 0.4) is 0 Å². The Labute approximate surface area is 239 Å². The molecule has 4 aliphatic rings. The van der Waals surface area contributed by atoms with Crippen LogP contribution in [-0.2, 0) is 18.8 Å². The van der Waals surface area contributed by atoms with E-state index >= 15 is 0 Å². The van der Waals surface area contributed by atoms with Gasteiger partial charge < -0.3 is 14.5 Å². The van der Waals surface area contributed by atoms with Crippen molar-refractivity contribution in [2.45, 2.75) is 103 Å². The smallest absolute Gasteiger partial charge is 0.331 e. The van der Waals surface area contributed by atoms with Gasteiger partial charge in [-0.25, -0.2) is 4.79 Å². The van der Waals surface area contributed by atoms with Gasteiger partial charge in [-0.15, -0.1) is 0 Å². The van der Waals surface area contributed by atoms with Crippen molar-refractivity contribution < 1.29 is 18.8 Å². The Bertz CT molecular complexity index is 1320. The molecular formula is C32H46N2O5Si. The van der Waals surface area contributed by atoms with Crippen molar-refractivity contribution in [3.8, 4) is 0 Å². The average molecular weight is 567 g/mol. The normalized spacial score (nSPS) is 27.4. The Hall–Kier alpha value is -2.45. The molecule has 4 saturated carbocycles. The fourth-order valence-electron chi connectivity index (χ4n) is 8.02. The van der Waals surface area contributed by atoms with Gasteiger partial charge in [0.2, 0.25) is 5.91 Å². The van der Waals surface area contributed by atoms with Crippen LogP contribution in [0.5, 0.6) is 0 Å². The standard InChI is InChI=1S/C32H46N2O5Si/c1-20(39-40(6,7)31(2,3)4)28(30(37)38-5)34-12-11-24-25(29(34)36)9-8-10-26(24)33-27(35)19-32-16-21-13-22(17-32)15-23(14-21)18-32/h8-12,20-23,28H,13-19H2,1-7H3,(H,33,35)/t20-,21?,22?,23?,28?,32?/m1/s1. The summed E-state index contributed by atoms with van der Waals surface area (Å²) in [5.41, 5.74) is 0.469. The quantitative estimate of drug-likeness (QED) is 0.285.